The van der Waals surface area contributed by atoms with E-state index >= 15 is 0 Å². The van der Waals surface area contributed by atoms with Crippen LogP contribution in [0.4, 0.5) is 0 Å². The summed E-state index contributed by atoms with van der Waals surface area (Å²) in [6.45, 7) is 6.43. The number of hydrogen-bond donors (Lipinski definition) is 0. The number of carbonyl (C=O) groups excluding carboxylic acids is 2. The van der Waals surface area contributed by atoms with Crippen molar-refractivity contribution in [2.45, 2.75) is 27.3 Å². The normalized spacial score (nSPS) is 12.3. The van der Waals surface area contributed by atoms with Crippen LogP contribution in [-0.4, -0.2) is 42.9 Å². The fourth-order valence-corrected chi connectivity index (χ4v) is 3.00. The van der Waals surface area contributed by atoms with E-state index in [2.05, 4.69) is 0 Å². The molecule has 0 N–H and O–H groups in total. The molecule has 2 aromatic rings. The van der Waals surface area contributed by atoms with Crippen LogP contribution in [0.1, 0.15) is 34.2 Å². The second-order valence-corrected chi connectivity index (χ2v) is 6.28. The summed E-state index contributed by atoms with van der Waals surface area (Å²) in [6.07, 6.45) is 0. The lowest BCUT2D eigenvalue weighted by Gasteiger charge is -2.11. The number of rotatable bonds is 8. The smallest absolute Gasteiger partial charge is 0.332 e. The van der Waals surface area contributed by atoms with E-state index < -0.39 is 5.97 Å². The molecular formula is C20H23NO6. The summed E-state index contributed by atoms with van der Waals surface area (Å²) in [5, 5.41) is 0. The minimum atomic E-state index is -0.542. The number of aromatic nitrogens is 1. The molecule has 3 rings (SSSR count). The van der Waals surface area contributed by atoms with Crippen LogP contribution >= 0.6 is 0 Å². The van der Waals surface area contributed by atoms with Gasteiger partial charge in [-0.05, 0) is 44.5 Å². The average Bonchev–Trinajstić information content (AvgIpc) is 3.23. The summed E-state index contributed by atoms with van der Waals surface area (Å²) < 4.78 is 22.7. The molecule has 1 aromatic carbocycles. The fourth-order valence-electron chi connectivity index (χ4n) is 3.00. The van der Waals surface area contributed by atoms with Crippen LogP contribution in [0.15, 0.2) is 24.3 Å². The average molecular weight is 373 g/mol. The summed E-state index contributed by atoms with van der Waals surface area (Å²) in [5.74, 6) is 0.696. The van der Waals surface area contributed by atoms with Crippen LogP contribution in [-0.2, 0) is 20.8 Å². The standard InChI is InChI=1S/C20H23NO6/c1-4-24-11-20(23)25-10-17(22)16-7-13(2)21(14(16)3)9-15-5-6-18-19(8-15)27-12-26-18/h5-8H,4,9-12H2,1-3H3. The predicted octanol–water partition coefficient (Wildman–Crippen LogP) is 2.64. The number of Topliss-reactive ketones (excluding diaryl/α,β-unsaturated/α-hetero) is 1. The van der Waals surface area contributed by atoms with Crippen molar-refractivity contribution in [3.63, 3.8) is 0 Å². The van der Waals surface area contributed by atoms with Gasteiger partial charge in [-0.15, -0.1) is 0 Å². The number of fused-ring (bicyclic) bond motifs is 1. The van der Waals surface area contributed by atoms with Crippen LogP contribution in [0.3, 0.4) is 0 Å². The summed E-state index contributed by atoms with van der Waals surface area (Å²) in [7, 11) is 0. The Morgan fingerprint density at radius 3 is 2.67 bits per heavy atom. The first-order chi connectivity index (χ1) is 13.0. The number of hydrogen-bond acceptors (Lipinski definition) is 6. The van der Waals surface area contributed by atoms with Gasteiger partial charge in [-0.2, -0.15) is 0 Å². The molecule has 0 atom stereocenters. The summed E-state index contributed by atoms with van der Waals surface area (Å²) in [4.78, 5) is 23.9. The molecule has 0 radical (unpaired) electrons. The van der Waals surface area contributed by atoms with Crippen molar-refractivity contribution in [3.8, 4) is 11.5 Å². The zero-order chi connectivity index (χ0) is 19.4. The van der Waals surface area contributed by atoms with Gasteiger partial charge in [-0.1, -0.05) is 6.07 Å². The third-order valence-corrected chi connectivity index (χ3v) is 4.44. The quantitative estimate of drug-likeness (QED) is 0.523. The Hall–Kier alpha value is -2.80. The van der Waals surface area contributed by atoms with E-state index in [0.29, 0.717) is 18.7 Å². The highest BCUT2D eigenvalue weighted by Gasteiger charge is 2.19. The lowest BCUT2D eigenvalue weighted by atomic mass is 10.1. The Kier molecular flexibility index (Phi) is 5.81. The molecule has 1 aliphatic heterocycles. The van der Waals surface area contributed by atoms with Gasteiger partial charge in [0.1, 0.15) is 6.61 Å². The molecular weight excluding hydrogens is 350 g/mol. The molecule has 1 aromatic heterocycles. The maximum atomic E-state index is 12.4. The van der Waals surface area contributed by atoms with Gasteiger partial charge in [-0.25, -0.2) is 4.79 Å². The monoisotopic (exact) mass is 373 g/mol. The first-order valence-electron chi connectivity index (χ1n) is 8.81. The predicted molar refractivity (Wildman–Crippen MR) is 97.4 cm³/mol. The van der Waals surface area contributed by atoms with E-state index in [9.17, 15) is 9.59 Å². The highest BCUT2D eigenvalue weighted by molar-refractivity contribution is 5.99. The van der Waals surface area contributed by atoms with E-state index in [-0.39, 0.29) is 25.8 Å². The molecule has 1 aliphatic rings. The van der Waals surface area contributed by atoms with Crippen LogP contribution in [0.25, 0.3) is 0 Å². The largest absolute Gasteiger partial charge is 0.456 e. The number of ether oxygens (including phenoxy) is 4. The number of benzene rings is 1. The van der Waals surface area contributed by atoms with Crippen molar-refractivity contribution in [1.29, 1.82) is 0 Å². The third-order valence-electron chi connectivity index (χ3n) is 4.44. The second-order valence-electron chi connectivity index (χ2n) is 6.28. The Labute approximate surface area is 157 Å². The zero-order valence-electron chi connectivity index (χ0n) is 15.7. The van der Waals surface area contributed by atoms with Crippen LogP contribution in [0.2, 0.25) is 0 Å². The topological polar surface area (TPSA) is 76.0 Å². The van der Waals surface area contributed by atoms with E-state index in [1.54, 1.807) is 6.92 Å². The molecule has 0 aliphatic carbocycles. The van der Waals surface area contributed by atoms with Gasteiger partial charge in [0.05, 0.1) is 0 Å². The van der Waals surface area contributed by atoms with Gasteiger partial charge < -0.3 is 23.5 Å². The molecule has 144 valence electrons. The molecule has 0 amide bonds. The minimum Gasteiger partial charge on any atom is -0.456 e. The van der Waals surface area contributed by atoms with Gasteiger partial charge in [0, 0.05) is 30.1 Å². The van der Waals surface area contributed by atoms with Crippen molar-refractivity contribution < 1.29 is 28.5 Å². The van der Waals surface area contributed by atoms with Crippen molar-refractivity contribution in [2.24, 2.45) is 0 Å². The number of ketones is 1. The van der Waals surface area contributed by atoms with Gasteiger partial charge in [-0.3, -0.25) is 4.79 Å². The second kappa shape index (κ2) is 8.26. The number of esters is 1. The SMILES string of the molecule is CCOCC(=O)OCC(=O)c1cc(C)n(Cc2ccc3c(c2)OCO3)c1C. The van der Waals surface area contributed by atoms with Gasteiger partial charge in [0.15, 0.2) is 18.1 Å². The molecule has 0 fully saturated rings. The molecule has 0 saturated carbocycles. The van der Waals surface area contributed by atoms with E-state index in [1.165, 1.54) is 0 Å². The first-order valence-corrected chi connectivity index (χ1v) is 8.81. The van der Waals surface area contributed by atoms with Crippen LogP contribution in [0.5, 0.6) is 11.5 Å². The van der Waals surface area contributed by atoms with E-state index in [0.717, 1.165) is 28.5 Å². The van der Waals surface area contributed by atoms with Gasteiger partial charge in [0.25, 0.3) is 0 Å². The molecule has 0 unspecified atom stereocenters. The molecule has 27 heavy (non-hydrogen) atoms. The zero-order valence-corrected chi connectivity index (χ0v) is 15.7. The highest BCUT2D eigenvalue weighted by Crippen LogP contribution is 2.33. The van der Waals surface area contributed by atoms with Crippen LogP contribution < -0.4 is 9.47 Å². The van der Waals surface area contributed by atoms with Crippen molar-refractivity contribution >= 4 is 11.8 Å². The lowest BCUT2D eigenvalue weighted by Crippen LogP contribution is -2.18. The Morgan fingerprint density at radius 1 is 1.11 bits per heavy atom. The molecule has 7 nitrogen and oxygen atoms in total. The summed E-state index contributed by atoms with van der Waals surface area (Å²) >= 11 is 0. The Bertz CT molecular complexity index is 854. The Balaban J connectivity index is 1.69. The van der Waals surface area contributed by atoms with E-state index in [4.69, 9.17) is 18.9 Å². The molecule has 0 spiro atoms. The van der Waals surface area contributed by atoms with Crippen molar-refractivity contribution in [1.82, 2.24) is 4.57 Å². The molecule has 0 saturated heterocycles. The van der Waals surface area contributed by atoms with Crippen LogP contribution in [0, 0.1) is 13.8 Å². The molecule has 7 heteroatoms. The molecule has 0 bridgehead atoms. The maximum Gasteiger partial charge on any atom is 0.332 e. The fraction of sp³-hybridized carbons (Fsp3) is 0.400. The summed E-state index contributed by atoms with van der Waals surface area (Å²) in [6, 6.07) is 7.62. The third kappa shape index (κ3) is 4.31. The molecule has 2 heterocycles. The number of nitrogens with zero attached hydrogens (tertiary/aromatic N) is 1. The van der Waals surface area contributed by atoms with E-state index in [1.807, 2.05) is 42.7 Å². The number of carbonyl (C=O) groups is 2. The first kappa shape index (κ1) is 19.0. The van der Waals surface area contributed by atoms with Gasteiger partial charge >= 0.3 is 5.97 Å². The lowest BCUT2D eigenvalue weighted by molar-refractivity contribution is -0.147. The Morgan fingerprint density at radius 2 is 1.89 bits per heavy atom. The highest BCUT2D eigenvalue weighted by atomic mass is 16.7. The van der Waals surface area contributed by atoms with Gasteiger partial charge in [0.2, 0.25) is 12.6 Å². The minimum absolute atomic E-state index is 0.146. The maximum absolute atomic E-state index is 12.4. The van der Waals surface area contributed by atoms with Crippen molar-refractivity contribution in [3.05, 3.63) is 46.8 Å². The van der Waals surface area contributed by atoms with Crippen molar-refractivity contribution in [2.75, 3.05) is 26.6 Å². The number of aryl methyl sites for hydroxylation is 1. The summed E-state index contributed by atoms with van der Waals surface area (Å²) in [5.41, 5.74) is 3.38.